The quantitative estimate of drug-likeness (QED) is 0.506. The van der Waals surface area contributed by atoms with Crippen molar-refractivity contribution in [1.29, 1.82) is 0 Å². The molecule has 0 radical (unpaired) electrons. The van der Waals surface area contributed by atoms with Crippen LogP contribution in [0.2, 0.25) is 0 Å². The first-order chi connectivity index (χ1) is 10.4. The molecule has 0 unspecified atom stereocenters. The van der Waals surface area contributed by atoms with Crippen LogP contribution >= 0.6 is 0 Å². The van der Waals surface area contributed by atoms with Crippen LogP contribution < -0.4 is 10.6 Å². The molecule has 21 heavy (non-hydrogen) atoms. The van der Waals surface area contributed by atoms with E-state index in [1.807, 2.05) is 0 Å². The van der Waals surface area contributed by atoms with Crippen LogP contribution in [-0.2, 0) is 9.47 Å². The summed E-state index contributed by atoms with van der Waals surface area (Å²) in [7, 11) is 0. The second-order valence-corrected chi connectivity index (χ2v) is 5.65. The monoisotopic (exact) mass is 305 g/mol. The van der Waals surface area contributed by atoms with Gasteiger partial charge in [0.25, 0.3) is 0 Å². The van der Waals surface area contributed by atoms with Gasteiger partial charge in [0.15, 0.2) is 0 Å². The molecule has 0 spiro atoms. The van der Waals surface area contributed by atoms with E-state index in [9.17, 15) is 0 Å². The molecule has 1 saturated heterocycles. The number of nitrogens with one attached hydrogen (secondary N) is 2. The first kappa shape index (κ1) is 18.8. The first-order valence-electron chi connectivity index (χ1n) is 8.68. The van der Waals surface area contributed by atoms with Crippen molar-refractivity contribution in [2.75, 3.05) is 65.7 Å². The standard InChI is InChI=1S/C16H35N3O2.2H2/c1-3-7-17-8-12-20-14-15-21-13-11-19-9-5-16(6-10-19)18-4-2;;/h16-18H,3-15H2,1-2H3;2*1H. The van der Waals surface area contributed by atoms with Crippen molar-refractivity contribution in [2.24, 2.45) is 0 Å². The van der Waals surface area contributed by atoms with Crippen LogP contribution in [0.25, 0.3) is 0 Å². The Bertz CT molecular complexity index is 231. The molecule has 1 aliphatic rings. The fraction of sp³-hybridized carbons (Fsp3) is 1.00. The van der Waals surface area contributed by atoms with E-state index in [-0.39, 0.29) is 2.85 Å². The van der Waals surface area contributed by atoms with E-state index in [1.54, 1.807) is 0 Å². The maximum absolute atomic E-state index is 5.64. The molecule has 5 nitrogen and oxygen atoms in total. The molecule has 1 heterocycles. The van der Waals surface area contributed by atoms with E-state index < -0.39 is 0 Å². The van der Waals surface area contributed by atoms with Crippen molar-refractivity contribution < 1.29 is 12.3 Å². The number of hydrogen-bond acceptors (Lipinski definition) is 5. The molecule has 0 amide bonds. The Kier molecular flexibility index (Phi) is 12.1. The van der Waals surface area contributed by atoms with Crippen LogP contribution in [0.5, 0.6) is 0 Å². The van der Waals surface area contributed by atoms with Gasteiger partial charge in [-0.3, -0.25) is 0 Å². The van der Waals surface area contributed by atoms with E-state index in [2.05, 4.69) is 29.4 Å². The molecular formula is C16H39N3O2. The van der Waals surface area contributed by atoms with Gasteiger partial charge < -0.3 is 25.0 Å². The van der Waals surface area contributed by atoms with E-state index in [1.165, 1.54) is 32.4 Å². The van der Waals surface area contributed by atoms with Gasteiger partial charge in [0.2, 0.25) is 0 Å². The highest BCUT2D eigenvalue weighted by atomic mass is 16.5. The summed E-state index contributed by atoms with van der Waals surface area (Å²) in [6.45, 7) is 13.9. The Balaban J connectivity index is 0. The van der Waals surface area contributed by atoms with Gasteiger partial charge in [-0.05, 0) is 45.4 Å². The smallest absolute Gasteiger partial charge is 0.0701 e. The lowest BCUT2D eigenvalue weighted by Crippen LogP contribution is -2.43. The van der Waals surface area contributed by atoms with Crippen molar-refractivity contribution in [3.8, 4) is 0 Å². The van der Waals surface area contributed by atoms with Crippen LogP contribution in [0, 0.1) is 0 Å². The summed E-state index contributed by atoms with van der Waals surface area (Å²) >= 11 is 0. The summed E-state index contributed by atoms with van der Waals surface area (Å²) < 4.78 is 11.1. The number of likely N-dealkylation sites (tertiary alicyclic amines) is 1. The van der Waals surface area contributed by atoms with Crippen molar-refractivity contribution in [2.45, 2.75) is 39.2 Å². The number of nitrogens with zero attached hydrogens (tertiary/aromatic N) is 1. The number of piperidine rings is 1. The Hall–Kier alpha value is -0.200. The lowest BCUT2D eigenvalue weighted by Gasteiger charge is -2.32. The Morgan fingerprint density at radius 2 is 1.71 bits per heavy atom. The summed E-state index contributed by atoms with van der Waals surface area (Å²) in [6.07, 6.45) is 3.71. The second kappa shape index (κ2) is 13.5. The van der Waals surface area contributed by atoms with E-state index in [0.717, 1.165) is 45.4 Å². The van der Waals surface area contributed by atoms with E-state index in [4.69, 9.17) is 9.47 Å². The molecule has 0 atom stereocenters. The van der Waals surface area contributed by atoms with Gasteiger partial charge >= 0.3 is 0 Å². The summed E-state index contributed by atoms with van der Waals surface area (Å²) in [5.41, 5.74) is 0. The molecule has 0 aromatic carbocycles. The van der Waals surface area contributed by atoms with Crippen LogP contribution in [0.4, 0.5) is 0 Å². The fourth-order valence-electron chi connectivity index (χ4n) is 2.61. The minimum absolute atomic E-state index is 0. The average Bonchev–Trinajstić information content (AvgIpc) is 2.51. The summed E-state index contributed by atoms with van der Waals surface area (Å²) in [5, 5.41) is 6.85. The molecule has 1 fully saturated rings. The first-order valence-corrected chi connectivity index (χ1v) is 8.68. The van der Waals surface area contributed by atoms with Gasteiger partial charge in [0, 0.05) is 22.0 Å². The topological polar surface area (TPSA) is 45.8 Å². The minimum atomic E-state index is 0. The summed E-state index contributed by atoms with van der Waals surface area (Å²) in [6, 6.07) is 0.724. The highest BCUT2D eigenvalue weighted by Crippen LogP contribution is 2.09. The third kappa shape index (κ3) is 10.2. The van der Waals surface area contributed by atoms with Crippen molar-refractivity contribution in [3.05, 3.63) is 0 Å². The third-order valence-corrected chi connectivity index (χ3v) is 3.85. The molecule has 2 N–H and O–H groups in total. The van der Waals surface area contributed by atoms with Gasteiger partial charge in [-0.1, -0.05) is 13.8 Å². The van der Waals surface area contributed by atoms with Gasteiger partial charge in [0.05, 0.1) is 26.4 Å². The Morgan fingerprint density at radius 1 is 1.00 bits per heavy atom. The Morgan fingerprint density at radius 3 is 2.38 bits per heavy atom. The largest absolute Gasteiger partial charge is 0.378 e. The zero-order chi connectivity index (χ0) is 15.2. The molecular weight excluding hydrogens is 266 g/mol. The molecule has 5 heteroatoms. The average molecular weight is 306 g/mol. The van der Waals surface area contributed by atoms with Crippen LogP contribution in [0.3, 0.4) is 0 Å². The number of ether oxygens (including phenoxy) is 2. The molecule has 1 rings (SSSR count). The molecule has 0 saturated carbocycles. The fourth-order valence-corrected chi connectivity index (χ4v) is 2.61. The van der Waals surface area contributed by atoms with Crippen molar-refractivity contribution in [1.82, 2.24) is 15.5 Å². The lowest BCUT2D eigenvalue weighted by atomic mass is 10.1. The number of hydrogen-bond donors (Lipinski definition) is 2. The third-order valence-electron chi connectivity index (χ3n) is 3.85. The van der Waals surface area contributed by atoms with Gasteiger partial charge in [-0.25, -0.2) is 0 Å². The molecule has 0 aliphatic carbocycles. The maximum Gasteiger partial charge on any atom is 0.0701 e. The SMILES string of the molecule is CCCNCCOCCOCCN1CCC(NCC)CC1.[HH].[HH]. The van der Waals surface area contributed by atoms with Gasteiger partial charge in [-0.2, -0.15) is 0 Å². The van der Waals surface area contributed by atoms with E-state index in [0.29, 0.717) is 13.2 Å². The summed E-state index contributed by atoms with van der Waals surface area (Å²) in [4.78, 5) is 2.50. The predicted octanol–water partition coefficient (Wildman–Crippen LogP) is 1.59. The van der Waals surface area contributed by atoms with Crippen LogP contribution in [0.15, 0.2) is 0 Å². The molecule has 0 aromatic rings. The molecule has 0 bridgehead atoms. The molecule has 0 aromatic heterocycles. The summed E-state index contributed by atoms with van der Waals surface area (Å²) in [5.74, 6) is 0. The highest BCUT2D eigenvalue weighted by Gasteiger charge is 2.17. The van der Waals surface area contributed by atoms with Crippen molar-refractivity contribution in [3.63, 3.8) is 0 Å². The van der Waals surface area contributed by atoms with Crippen LogP contribution in [0.1, 0.15) is 36.0 Å². The Labute approximate surface area is 133 Å². The highest BCUT2D eigenvalue weighted by molar-refractivity contribution is 4.76. The molecule has 1 aliphatic heterocycles. The second-order valence-electron chi connectivity index (χ2n) is 5.65. The minimum Gasteiger partial charge on any atom is -0.378 e. The van der Waals surface area contributed by atoms with Gasteiger partial charge in [0.1, 0.15) is 0 Å². The van der Waals surface area contributed by atoms with E-state index >= 15 is 0 Å². The van der Waals surface area contributed by atoms with Crippen molar-refractivity contribution >= 4 is 0 Å². The van der Waals surface area contributed by atoms with Gasteiger partial charge in [-0.15, -0.1) is 0 Å². The number of rotatable bonds is 13. The molecule has 130 valence electrons. The van der Waals surface area contributed by atoms with Crippen LogP contribution in [-0.4, -0.2) is 76.6 Å². The lowest BCUT2D eigenvalue weighted by molar-refractivity contribution is 0.0365. The predicted molar refractivity (Wildman–Crippen MR) is 92.2 cm³/mol. The normalized spacial score (nSPS) is 17.4. The zero-order valence-electron chi connectivity index (χ0n) is 14.0. The maximum atomic E-state index is 5.64. The zero-order valence-corrected chi connectivity index (χ0v) is 14.0.